The van der Waals surface area contributed by atoms with Gasteiger partial charge in [0.25, 0.3) is 11.8 Å². The molecule has 4 nitrogen and oxygen atoms in total. The molecule has 3 aliphatic rings. The average Bonchev–Trinajstić information content (AvgIpc) is 2.79. The lowest BCUT2D eigenvalue weighted by molar-refractivity contribution is -0.137. The molecule has 2 bridgehead atoms. The first-order valence-electron chi connectivity index (χ1n) is 6.50. The minimum atomic E-state index is -0.156. The molecule has 3 heterocycles. The summed E-state index contributed by atoms with van der Waals surface area (Å²) < 4.78 is 0. The molecular weight excluding hydrogens is 216 g/mol. The monoisotopic (exact) mass is 234 g/mol. The molecule has 92 valence electrons. The van der Waals surface area contributed by atoms with Crippen LogP contribution in [0.15, 0.2) is 12.2 Å². The van der Waals surface area contributed by atoms with Gasteiger partial charge >= 0.3 is 0 Å². The standard InChI is InChI=1S/C13H18N2O2/c16-11-3-4-12(17)15(11)9-8-13-6-1-2-10(14-13)5-7-13/h3-4,10,14H,1-2,5-9H2. The molecule has 0 aromatic carbocycles. The topological polar surface area (TPSA) is 49.4 Å². The Labute approximate surface area is 101 Å². The van der Waals surface area contributed by atoms with Gasteiger partial charge in [-0.3, -0.25) is 14.5 Å². The molecule has 0 aliphatic carbocycles. The molecule has 0 saturated carbocycles. The van der Waals surface area contributed by atoms with Crippen LogP contribution in [0.3, 0.4) is 0 Å². The first kappa shape index (κ1) is 11.0. The summed E-state index contributed by atoms with van der Waals surface area (Å²) in [6.07, 6.45) is 9.83. The summed E-state index contributed by atoms with van der Waals surface area (Å²) in [5, 5.41) is 3.69. The minimum Gasteiger partial charge on any atom is -0.308 e. The molecule has 1 N–H and O–H groups in total. The van der Waals surface area contributed by atoms with Gasteiger partial charge in [-0.25, -0.2) is 0 Å². The number of rotatable bonds is 3. The Morgan fingerprint density at radius 1 is 1.24 bits per heavy atom. The molecule has 3 rings (SSSR count). The number of piperidine rings is 1. The number of hydrogen-bond acceptors (Lipinski definition) is 3. The van der Waals surface area contributed by atoms with Crippen molar-refractivity contribution in [3.8, 4) is 0 Å². The van der Waals surface area contributed by atoms with Crippen LogP contribution in [0, 0.1) is 0 Å². The Bertz CT molecular complexity index is 369. The zero-order valence-electron chi connectivity index (χ0n) is 9.95. The third-order valence-electron chi connectivity index (χ3n) is 4.40. The second kappa shape index (κ2) is 3.95. The van der Waals surface area contributed by atoms with Gasteiger partial charge in [0.15, 0.2) is 0 Å². The molecule has 17 heavy (non-hydrogen) atoms. The molecule has 2 amide bonds. The number of amides is 2. The molecule has 0 spiro atoms. The Balaban J connectivity index is 1.61. The maximum atomic E-state index is 11.5. The molecule has 0 radical (unpaired) electrons. The van der Waals surface area contributed by atoms with Crippen LogP contribution in [-0.2, 0) is 9.59 Å². The third kappa shape index (κ3) is 1.90. The number of nitrogens with zero attached hydrogens (tertiary/aromatic N) is 1. The molecule has 2 saturated heterocycles. The quantitative estimate of drug-likeness (QED) is 0.740. The van der Waals surface area contributed by atoms with E-state index >= 15 is 0 Å². The van der Waals surface area contributed by atoms with E-state index in [1.54, 1.807) is 0 Å². The normalized spacial score (nSPS) is 36.0. The van der Waals surface area contributed by atoms with Crippen LogP contribution >= 0.6 is 0 Å². The molecule has 3 aliphatic heterocycles. The predicted molar refractivity (Wildman–Crippen MR) is 63.2 cm³/mol. The summed E-state index contributed by atoms with van der Waals surface area (Å²) in [4.78, 5) is 24.3. The van der Waals surface area contributed by atoms with E-state index in [2.05, 4.69) is 5.32 Å². The Morgan fingerprint density at radius 2 is 2.00 bits per heavy atom. The molecule has 2 unspecified atom stereocenters. The first-order valence-corrected chi connectivity index (χ1v) is 6.50. The first-order chi connectivity index (χ1) is 8.19. The van der Waals surface area contributed by atoms with E-state index < -0.39 is 0 Å². The maximum Gasteiger partial charge on any atom is 0.253 e. The van der Waals surface area contributed by atoms with Gasteiger partial charge in [0, 0.05) is 30.3 Å². The predicted octanol–water partition coefficient (Wildman–Crippen LogP) is 0.976. The summed E-state index contributed by atoms with van der Waals surface area (Å²) in [7, 11) is 0. The lowest BCUT2D eigenvalue weighted by Gasteiger charge is -2.35. The van der Waals surface area contributed by atoms with Gasteiger partial charge in [0.1, 0.15) is 0 Å². The highest BCUT2D eigenvalue weighted by atomic mass is 16.2. The number of fused-ring (bicyclic) bond motifs is 2. The maximum absolute atomic E-state index is 11.5. The SMILES string of the molecule is O=C1C=CC(=O)N1CCC12CCCC(CC1)N2. The number of nitrogens with one attached hydrogen (secondary N) is 1. The Morgan fingerprint density at radius 3 is 2.76 bits per heavy atom. The second-order valence-electron chi connectivity index (χ2n) is 5.46. The van der Waals surface area contributed by atoms with Gasteiger partial charge in [0.2, 0.25) is 0 Å². The highest BCUT2D eigenvalue weighted by molar-refractivity contribution is 6.12. The van der Waals surface area contributed by atoms with Crippen molar-refractivity contribution in [1.29, 1.82) is 0 Å². The summed E-state index contributed by atoms with van der Waals surface area (Å²) >= 11 is 0. The van der Waals surface area contributed by atoms with Gasteiger partial charge in [0.05, 0.1) is 0 Å². The van der Waals surface area contributed by atoms with Crippen molar-refractivity contribution in [3.63, 3.8) is 0 Å². The third-order valence-corrected chi connectivity index (χ3v) is 4.40. The fourth-order valence-corrected chi connectivity index (χ4v) is 3.43. The lowest BCUT2D eigenvalue weighted by atomic mass is 9.87. The Hall–Kier alpha value is -1.16. The van der Waals surface area contributed by atoms with Crippen molar-refractivity contribution in [3.05, 3.63) is 12.2 Å². The van der Waals surface area contributed by atoms with Crippen LogP contribution < -0.4 is 5.32 Å². The van der Waals surface area contributed by atoms with Crippen molar-refractivity contribution in [2.24, 2.45) is 0 Å². The van der Waals surface area contributed by atoms with E-state index in [-0.39, 0.29) is 17.4 Å². The van der Waals surface area contributed by atoms with E-state index in [9.17, 15) is 9.59 Å². The van der Waals surface area contributed by atoms with Crippen molar-refractivity contribution >= 4 is 11.8 Å². The number of carbonyl (C=O) groups excluding carboxylic acids is 2. The zero-order valence-corrected chi connectivity index (χ0v) is 9.95. The van der Waals surface area contributed by atoms with Crippen molar-refractivity contribution in [2.45, 2.75) is 50.1 Å². The lowest BCUT2D eigenvalue weighted by Crippen LogP contribution is -2.48. The average molecular weight is 234 g/mol. The molecule has 4 heteroatoms. The molecule has 2 atom stereocenters. The van der Waals surface area contributed by atoms with Crippen LogP contribution in [0.25, 0.3) is 0 Å². The summed E-state index contributed by atoms with van der Waals surface area (Å²) in [6, 6.07) is 0.673. The van der Waals surface area contributed by atoms with E-state index in [0.717, 1.165) is 6.42 Å². The summed E-state index contributed by atoms with van der Waals surface area (Å²) in [5.74, 6) is -0.312. The second-order valence-corrected chi connectivity index (χ2v) is 5.46. The van der Waals surface area contributed by atoms with Gasteiger partial charge in [-0.2, -0.15) is 0 Å². The van der Waals surface area contributed by atoms with E-state index in [1.165, 1.54) is 49.2 Å². The van der Waals surface area contributed by atoms with Crippen LogP contribution in [0.5, 0.6) is 0 Å². The van der Waals surface area contributed by atoms with Crippen LogP contribution in [0.4, 0.5) is 0 Å². The number of hydrogen-bond donors (Lipinski definition) is 1. The molecular formula is C13H18N2O2. The van der Waals surface area contributed by atoms with Crippen molar-refractivity contribution in [1.82, 2.24) is 10.2 Å². The molecule has 2 fully saturated rings. The van der Waals surface area contributed by atoms with Crippen LogP contribution in [0.1, 0.15) is 38.5 Å². The van der Waals surface area contributed by atoms with Gasteiger partial charge in [-0.05, 0) is 32.1 Å². The fourth-order valence-electron chi connectivity index (χ4n) is 3.43. The molecule has 0 aromatic rings. The highest BCUT2D eigenvalue weighted by Gasteiger charge is 2.41. The molecule has 0 aromatic heterocycles. The zero-order chi connectivity index (χ0) is 11.9. The van der Waals surface area contributed by atoms with Gasteiger partial charge < -0.3 is 5.32 Å². The van der Waals surface area contributed by atoms with Gasteiger partial charge in [-0.1, -0.05) is 6.42 Å². The van der Waals surface area contributed by atoms with E-state index in [4.69, 9.17) is 0 Å². The minimum absolute atomic E-state index is 0.156. The van der Waals surface area contributed by atoms with Crippen molar-refractivity contribution in [2.75, 3.05) is 6.54 Å². The van der Waals surface area contributed by atoms with Crippen molar-refractivity contribution < 1.29 is 9.59 Å². The summed E-state index contributed by atoms with van der Waals surface area (Å²) in [6.45, 7) is 0.560. The highest BCUT2D eigenvalue weighted by Crippen LogP contribution is 2.38. The van der Waals surface area contributed by atoms with Crippen LogP contribution in [-0.4, -0.2) is 34.8 Å². The largest absolute Gasteiger partial charge is 0.308 e. The van der Waals surface area contributed by atoms with Crippen LogP contribution in [0.2, 0.25) is 0 Å². The van der Waals surface area contributed by atoms with E-state index in [0.29, 0.717) is 12.6 Å². The number of carbonyl (C=O) groups is 2. The number of imide groups is 1. The van der Waals surface area contributed by atoms with Gasteiger partial charge in [-0.15, -0.1) is 0 Å². The summed E-state index contributed by atoms with van der Waals surface area (Å²) in [5.41, 5.74) is 0.200. The van der Waals surface area contributed by atoms with E-state index in [1.807, 2.05) is 0 Å². The smallest absolute Gasteiger partial charge is 0.253 e. The fraction of sp³-hybridized carbons (Fsp3) is 0.692. The Kier molecular flexibility index (Phi) is 2.54.